The lowest BCUT2D eigenvalue weighted by atomic mass is 10.0. The molecule has 0 atom stereocenters. The number of carbonyl (C=O) groups is 2. The van der Waals surface area contributed by atoms with E-state index in [1.165, 1.54) is 0 Å². The van der Waals surface area contributed by atoms with E-state index in [1.54, 1.807) is 22.8 Å². The summed E-state index contributed by atoms with van der Waals surface area (Å²) in [5.74, 6) is 0.705. The predicted octanol–water partition coefficient (Wildman–Crippen LogP) is 3.22. The number of aryl methyl sites for hydroxylation is 1. The molecule has 0 spiro atoms. The molecule has 1 saturated heterocycles. The van der Waals surface area contributed by atoms with Crippen LogP contribution in [0.5, 0.6) is 5.75 Å². The lowest BCUT2D eigenvalue weighted by Crippen LogP contribution is -2.46. The number of amides is 2. The molecule has 0 aliphatic carbocycles. The molecule has 1 aliphatic rings. The molecule has 144 valence electrons. The lowest BCUT2D eigenvalue weighted by Gasteiger charge is -2.32. The van der Waals surface area contributed by atoms with Gasteiger partial charge < -0.3 is 19.5 Å². The molecular weight excluding hydrogens is 410 g/mol. The van der Waals surface area contributed by atoms with E-state index in [2.05, 4.69) is 21.2 Å². The van der Waals surface area contributed by atoms with Crippen molar-refractivity contribution in [1.82, 2.24) is 14.8 Å². The molecule has 0 saturated carbocycles. The fourth-order valence-corrected chi connectivity index (χ4v) is 3.80. The van der Waals surface area contributed by atoms with Gasteiger partial charge in [-0.05, 0) is 66.0 Å². The molecule has 0 unspecified atom stereocenters. The molecule has 3 rings (SSSR count). The van der Waals surface area contributed by atoms with Crippen LogP contribution >= 0.6 is 15.9 Å². The van der Waals surface area contributed by atoms with Crippen LogP contribution in [0.4, 0.5) is 0 Å². The van der Waals surface area contributed by atoms with Gasteiger partial charge >= 0.3 is 0 Å². The topological polar surface area (TPSA) is 63.6 Å². The summed E-state index contributed by atoms with van der Waals surface area (Å²) >= 11 is 3.38. The van der Waals surface area contributed by atoms with Gasteiger partial charge in [0, 0.05) is 42.4 Å². The third-order valence-corrected chi connectivity index (χ3v) is 5.17. The molecule has 2 amide bonds. The summed E-state index contributed by atoms with van der Waals surface area (Å²) in [4.78, 5) is 26.9. The van der Waals surface area contributed by atoms with Gasteiger partial charge in [0.15, 0.2) is 0 Å². The number of halogens is 1. The number of benzene rings is 1. The van der Waals surface area contributed by atoms with Crippen LogP contribution in [0.15, 0.2) is 41.0 Å². The van der Waals surface area contributed by atoms with Gasteiger partial charge in [0.2, 0.25) is 0 Å². The molecule has 1 fully saturated rings. The maximum absolute atomic E-state index is 12.7. The highest BCUT2D eigenvalue weighted by atomic mass is 79.9. The lowest BCUT2D eigenvalue weighted by molar-refractivity contribution is 0.0697. The van der Waals surface area contributed by atoms with Crippen LogP contribution in [0.25, 0.3) is 0 Å². The van der Waals surface area contributed by atoms with Crippen molar-refractivity contribution in [2.24, 2.45) is 7.05 Å². The minimum atomic E-state index is -0.0838. The zero-order chi connectivity index (χ0) is 19.4. The molecule has 2 heterocycles. The van der Waals surface area contributed by atoms with Crippen molar-refractivity contribution in [2.75, 3.05) is 19.7 Å². The Bertz CT molecular complexity index is 808. The Balaban J connectivity index is 1.53. The van der Waals surface area contributed by atoms with Gasteiger partial charge in [-0.3, -0.25) is 9.59 Å². The quantitative estimate of drug-likeness (QED) is 0.786. The van der Waals surface area contributed by atoms with Crippen LogP contribution in [0, 0.1) is 0 Å². The largest absolute Gasteiger partial charge is 0.494 e. The van der Waals surface area contributed by atoms with E-state index < -0.39 is 0 Å². The Labute approximate surface area is 167 Å². The van der Waals surface area contributed by atoms with Gasteiger partial charge in [0.05, 0.1) is 6.61 Å². The highest BCUT2D eigenvalue weighted by Crippen LogP contribution is 2.18. The summed E-state index contributed by atoms with van der Waals surface area (Å²) in [5.41, 5.74) is 1.28. The van der Waals surface area contributed by atoms with Gasteiger partial charge in [-0.2, -0.15) is 0 Å². The number of ether oxygens (including phenoxy) is 1. The van der Waals surface area contributed by atoms with Crippen molar-refractivity contribution in [2.45, 2.75) is 25.8 Å². The molecule has 7 heteroatoms. The number of carbonyl (C=O) groups excluding carboxylic acids is 2. The molecule has 6 nitrogen and oxygen atoms in total. The van der Waals surface area contributed by atoms with E-state index >= 15 is 0 Å². The smallest absolute Gasteiger partial charge is 0.268 e. The number of rotatable bonds is 5. The Morgan fingerprint density at radius 3 is 2.44 bits per heavy atom. The normalized spacial score (nSPS) is 14.9. The van der Waals surface area contributed by atoms with Crippen molar-refractivity contribution < 1.29 is 14.3 Å². The van der Waals surface area contributed by atoms with E-state index in [-0.39, 0.29) is 17.9 Å². The monoisotopic (exact) mass is 433 g/mol. The summed E-state index contributed by atoms with van der Waals surface area (Å²) in [6.07, 6.45) is 3.35. The zero-order valence-electron chi connectivity index (χ0n) is 15.6. The second kappa shape index (κ2) is 8.61. The Morgan fingerprint density at radius 2 is 1.89 bits per heavy atom. The number of hydrogen-bond donors (Lipinski definition) is 1. The van der Waals surface area contributed by atoms with Crippen molar-refractivity contribution in [3.05, 3.63) is 52.3 Å². The Hall–Kier alpha value is -2.28. The van der Waals surface area contributed by atoms with E-state index in [1.807, 2.05) is 37.2 Å². The van der Waals surface area contributed by atoms with Crippen LogP contribution in [0.2, 0.25) is 0 Å². The molecule has 0 radical (unpaired) electrons. The highest BCUT2D eigenvalue weighted by molar-refractivity contribution is 9.10. The van der Waals surface area contributed by atoms with E-state index in [9.17, 15) is 9.59 Å². The van der Waals surface area contributed by atoms with Crippen LogP contribution in [0.3, 0.4) is 0 Å². The number of nitrogens with one attached hydrogen (secondary N) is 1. The van der Waals surface area contributed by atoms with Gasteiger partial charge in [0.1, 0.15) is 11.4 Å². The first-order valence-electron chi connectivity index (χ1n) is 9.12. The van der Waals surface area contributed by atoms with E-state index in [0.29, 0.717) is 31.0 Å². The first-order valence-corrected chi connectivity index (χ1v) is 9.92. The maximum atomic E-state index is 12.7. The summed E-state index contributed by atoms with van der Waals surface area (Å²) in [6, 6.07) is 9.13. The van der Waals surface area contributed by atoms with Crippen LogP contribution < -0.4 is 10.1 Å². The fourth-order valence-electron chi connectivity index (χ4n) is 3.28. The average Bonchev–Trinajstić information content (AvgIpc) is 3.01. The Kier molecular flexibility index (Phi) is 6.21. The number of hydrogen-bond acceptors (Lipinski definition) is 3. The van der Waals surface area contributed by atoms with Gasteiger partial charge in [-0.1, -0.05) is 0 Å². The number of aromatic nitrogens is 1. The van der Waals surface area contributed by atoms with Crippen molar-refractivity contribution in [3.8, 4) is 5.75 Å². The van der Waals surface area contributed by atoms with Crippen LogP contribution in [-0.2, 0) is 7.05 Å². The molecule has 1 aromatic heterocycles. The predicted molar refractivity (Wildman–Crippen MR) is 107 cm³/mol. The minimum Gasteiger partial charge on any atom is -0.494 e. The minimum absolute atomic E-state index is 0.0224. The first kappa shape index (κ1) is 19.5. The van der Waals surface area contributed by atoms with Crippen LogP contribution in [-0.4, -0.2) is 47.0 Å². The van der Waals surface area contributed by atoms with Gasteiger partial charge in [0.25, 0.3) is 11.8 Å². The number of nitrogens with zero attached hydrogens (tertiary/aromatic N) is 2. The molecule has 1 aromatic carbocycles. The zero-order valence-corrected chi connectivity index (χ0v) is 17.2. The van der Waals surface area contributed by atoms with Crippen molar-refractivity contribution in [3.63, 3.8) is 0 Å². The summed E-state index contributed by atoms with van der Waals surface area (Å²) < 4.78 is 8.09. The summed E-state index contributed by atoms with van der Waals surface area (Å²) in [7, 11) is 1.85. The van der Waals surface area contributed by atoms with E-state index in [0.717, 1.165) is 23.1 Å². The van der Waals surface area contributed by atoms with Gasteiger partial charge in [-0.15, -0.1) is 0 Å². The summed E-state index contributed by atoms with van der Waals surface area (Å²) in [5, 5.41) is 3.07. The average molecular weight is 434 g/mol. The molecule has 2 aromatic rings. The fraction of sp³-hybridized carbons (Fsp3) is 0.400. The standard InChI is InChI=1S/C20H24BrN3O3/c1-3-27-17-6-4-14(5-7-17)20(26)24-10-8-16(9-11-24)22-19(25)18-12-15(21)13-23(18)2/h4-7,12-13,16H,3,8-11H2,1-2H3,(H,22,25). The second-order valence-corrected chi connectivity index (χ2v) is 7.57. The van der Waals surface area contributed by atoms with Crippen molar-refractivity contribution >= 4 is 27.7 Å². The van der Waals surface area contributed by atoms with E-state index in [4.69, 9.17) is 4.74 Å². The molecule has 27 heavy (non-hydrogen) atoms. The van der Waals surface area contributed by atoms with Crippen LogP contribution in [0.1, 0.15) is 40.6 Å². The first-order chi connectivity index (χ1) is 13.0. The number of likely N-dealkylation sites (tertiary alicyclic amines) is 1. The third kappa shape index (κ3) is 4.71. The van der Waals surface area contributed by atoms with Gasteiger partial charge in [-0.25, -0.2) is 0 Å². The summed E-state index contributed by atoms with van der Waals surface area (Å²) in [6.45, 7) is 3.80. The Morgan fingerprint density at radius 1 is 1.22 bits per heavy atom. The molecular formula is C20H24BrN3O3. The molecule has 0 bridgehead atoms. The second-order valence-electron chi connectivity index (χ2n) is 6.65. The molecule has 1 aliphatic heterocycles. The highest BCUT2D eigenvalue weighted by Gasteiger charge is 2.25. The third-order valence-electron chi connectivity index (χ3n) is 4.73. The van der Waals surface area contributed by atoms with Crippen molar-refractivity contribution in [1.29, 1.82) is 0 Å². The SMILES string of the molecule is CCOc1ccc(C(=O)N2CCC(NC(=O)c3cc(Br)cn3C)CC2)cc1. The molecule has 1 N–H and O–H groups in total. The maximum Gasteiger partial charge on any atom is 0.268 e. The number of piperidine rings is 1.